The minimum Gasteiger partial charge on any atom is -0.362 e. The third kappa shape index (κ3) is 3.10. The fourth-order valence-corrected chi connectivity index (χ4v) is 2.52. The van der Waals surface area contributed by atoms with Gasteiger partial charge >= 0.3 is 0 Å². The molecule has 22 heavy (non-hydrogen) atoms. The Labute approximate surface area is 130 Å². The topological polar surface area (TPSA) is 75.5 Å². The summed E-state index contributed by atoms with van der Waals surface area (Å²) in [6.07, 6.45) is 1.79. The van der Waals surface area contributed by atoms with Crippen molar-refractivity contribution in [1.82, 2.24) is 4.90 Å². The summed E-state index contributed by atoms with van der Waals surface area (Å²) >= 11 is 0. The summed E-state index contributed by atoms with van der Waals surface area (Å²) in [5, 5.41) is 14.0. The first kappa shape index (κ1) is 16.0. The molecule has 0 spiro atoms. The van der Waals surface area contributed by atoms with Gasteiger partial charge in [0.15, 0.2) is 0 Å². The number of nitrogens with one attached hydrogen (secondary N) is 1. The number of nitrogens with zero attached hydrogens (tertiary/aromatic N) is 2. The first-order chi connectivity index (χ1) is 10.5. The minimum absolute atomic E-state index is 0.0549. The number of nitro benzene ring substituents is 1. The van der Waals surface area contributed by atoms with Gasteiger partial charge in [-0.25, -0.2) is 0 Å². The third-order valence-electron chi connectivity index (χ3n) is 4.03. The van der Waals surface area contributed by atoms with Crippen LogP contribution in [0.3, 0.4) is 0 Å². The molecule has 118 valence electrons. The van der Waals surface area contributed by atoms with Crippen molar-refractivity contribution < 1.29 is 9.72 Å². The number of unbranched alkanes of at least 4 members (excludes halogenated alkanes) is 1. The number of nitro groups is 1. The zero-order valence-electron chi connectivity index (χ0n) is 13.1. The van der Waals surface area contributed by atoms with Crippen LogP contribution in [0.5, 0.6) is 0 Å². The highest BCUT2D eigenvalue weighted by molar-refractivity contribution is 5.97. The highest BCUT2D eigenvalue weighted by Crippen LogP contribution is 2.27. The number of carbonyl (C=O) groups excluding carboxylic acids is 1. The van der Waals surface area contributed by atoms with Gasteiger partial charge in [-0.2, -0.15) is 0 Å². The van der Waals surface area contributed by atoms with E-state index in [2.05, 4.69) is 12.2 Å². The van der Waals surface area contributed by atoms with E-state index in [0.29, 0.717) is 6.54 Å². The average molecular weight is 303 g/mol. The molecule has 0 saturated carbocycles. The summed E-state index contributed by atoms with van der Waals surface area (Å²) < 4.78 is 0. The Bertz CT molecular complexity index is 608. The molecule has 0 radical (unpaired) electrons. The standard InChI is InChI=1S/C16H21N3O3/c1-4-5-10-18-15(11(2)12(3)16(18)20)17-13-6-8-14(9-7-13)19(21)22/h6-9,15,17H,4-5,10H2,1-3H3/t15-/m1/s1. The third-order valence-corrected chi connectivity index (χ3v) is 4.03. The first-order valence-electron chi connectivity index (χ1n) is 7.45. The van der Waals surface area contributed by atoms with Gasteiger partial charge in [-0.15, -0.1) is 0 Å². The zero-order chi connectivity index (χ0) is 16.3. The molecule has 0 unspecified atom stereocenters. The van der Waals surface area contributed by atoms with Gasteiger partial charge in [0.05, 0.1) is 4.92 Å². The van der Waals surface area contributed by atoms with Gasteiger partial charge in [0.2, 0.25) is 0 Å². The van der Waals surface area contributed by atoms with E-state index in [0.717, 1.165) is 29.7 Å². The molecule has 0 fully saturated rings. The lowest BCUT2D eigenvalue weighted by atomic mass is 10.1. The molecule has 1 amide bonds. The van der Waals surface area contributed by atoms with Crippen LogP contribution in [0.1, 0.15) is 33.6 Å². The lowest BCUT2D eigenvalue weighted by Crippen LogP contribution is -2.41. The molecule has 0 aromatic heterocycles. The second kappa shape index (κ2) is 6.60. The maximum atomic E-state index is 12.3. The lowest BCUT2D eigenvalue weighted by Gasteiger charge is -2.28. The van der Waals surface area contributed by atoms with Gasteiger partial charge in [-0.1, -0.05) is 13.3 Å². The van der Waals surface area contributed by atoms with Crippen LogP contribution in [0.25, 0.3) is 0 Å². The summed E-state index contributed by atoms with van der Waals surface area (Å²) in [5.41, 5.74) is 2.59. The predicted octanol–water partition coefficient (Wildman–Crippen LogP) is 3.31. The van der Waals surface area contributed by atoms with Gasteiger partial charge in [-0.3, -0.25) is 14.9 Å². The molecule has 1 atom stereocenters. The van der Waals surface area contributed by atoms with Crippen LogP contribution in [-0.4, -0.2) is 28.4 Å². The summed E-state index contributed by atoms with van der Waals surface area (Å²) in [4.78, 5) is 24.4. The predicted molar refractivity (Wildman–Crippen MR) is 85.5 cm³/mol. The summed E-state index contributed by atoms with van der Waals surface area (Å²) in [7, 11) is 0. The molecule has 1 aliphatic heterocycles. The van der Waals surface area contributed by atoms with Crippen molar-refractivity contribution in [2.45, 2.75) is 39.8 Å². The van der Waals surface area contributed by atoms with Crippen LogP contribution >= 0.6 is 0 Å². The van der Waals surface area contributed by atoms with E-state index in [1.54, 1.807) is 12.1 Å². The molecule has 1 aromatic rings. The number of benzene rings is 1. The fourth-order valence-electron chi connectivity index (χ4n) is 2.52. The van der Waals surface area contributed by atoms with Crippen LogP contribution in [0.4, 0.5) is 11.4 Å². The largest absolute Gasteiger partial charge is 0.362 e. The number of anilines is 1. The van der Waals surface area contributed by atoms with E-state index in [-0.39, 0.29) is 17.8 Å². The normalized spacial score (nSPS) is 18.0. The number of non-ortho nitro benzene ring substituents is 1. The van der Waals surface area contributed by atoms with Crippen molar-refractivity contribution >= 4 is 17.3 Å². The Morgan fingerprint density at radius 2 is 1.91 bits per heavy atom. The number of rotatable bonds is 6. The number of amides is 1. The van der Waals surface area contributed by atoms with Gasteiger partial charge < -0.3 is 10.2 Å². The van der Waals surface area contributed by atoms with Gasteiger partial charge in [-0.05, 0) is 38.0 Å². The highest BCUT2D eigenvalue weighted by atomic mass is 16.6. The van der Waals surface area contributed by atoms with Crippen molar-refractivity contribution in [1.29, 1.82) is 0 Å². The van der Waals surface area contributed by atoms with E-state index >= 15 is 0 Å². The van der Waals surface area contributed by atoms with Crippen LogP contribution in [0, 0.1) is 10.1 Å². The van der Waals surface area contributed by atoms with E-state index in [9.17, 15) is 14.9 Å². The summed E-state index contributed by atoms with van der Waals surface area (Å²) in [5.74, 6) is 0.0605. The monoisotopic (exact) mass is 303 g/mol. The van der Waals surface area contributed by atoms with E-state index in [4.69, 9.17) is 0 Å². The van der Waals surface area contributed by atoms with Crippen molar-refractivity contribution in [3.8, 4) is 0 Å². The molecule has 1 N–H and O–H groups in total. The van der Waals surface area contributed by atoms with Gasteiger partial charge in [0, 0.05) is 29.9 Å². The quantitative estimate of drug-likeness (QED) is 0.646. The van der Waals surface area contributed by atoms with Crippen molar-refractivity contribution in [2.75, 3.05) is 11.9 Å². The molecule has 1 aliphatic rings. The average Bonchev–Trinajstić information content (AvgIpc) is 2.70. The molecule has 1 aromatic carbocycles. The van der Waals surface area contributed by atoms with Crippen LogP contribution in [0.2, 0.25) is 0 Å². The smallest absolute Gasteiger partial charge is 0.269 e. The number of hydrogen-bond acceptors (Lipinski definition) is 4. The summed E-state index contributed by atoms with van der Waals surface area (Å²) in [6, 6.07) is 6.26. The SMILES string of the molecule is CCCCN1C(=O)C(C)=C(C)[C@@H]1Nc1ccc([N+](=O)[O-])cc1. The maximum Gasteiger partial charge on any atom is 0.269 e. The molecule has 0 aliphatic carbocycles. The summed E-state index contributed by atoms with van der Waals surface area (Å²) in [6.45, 7) is 6.58. The van der Waals surface area contributed by atoms with Crippen LogP contribution < -0.4 is 5.32 Å². The second-order valence-corrected chi connectivity index (χ2v) is 5.51. The number of carbonyl (C=O) groups is 1. The molecular formula is C16H21N3O3. The first-order valence-corrected chi connectivity index (χ1v) is 7.45. The van der Waals surface area contributed by atoms with Crippen LogP contribution in [-0.2, 0) is 4.79 Å². The molecule has 6 nitrogen and oxygen atoms in total. The van der Waals surface area contributed by atoms with E-state index in [1.807, 2.05) is 18.7 Å². The molecule has 0 bridgehead atoms. The maximum absolute atomic E-state index is 12.3. The van der Waals surface area contributed by atoms with Crippen molar-refractivity contribution in [3.63, 3.8) is 0 Å². The van der Waals surface area contributed by atoms with Gasteiger partial charge in [0.1, 0.15) is 6.17 Å². The van der Waals surface area contributed by atoms with Crippen molar-refractivity contribution in [2.24, 2.45) is 0 Å². The highest BCUT2D eigenvalue weighted by Gasteiger charge is 2.34. The number of hydrogen-bond donors (Lipinski definition) is 1. The van der Waals surface area contributed by atoms with Crippen LogP contribution in [0.15, 0.2) is 35.4 Å². The Kier molecular flexibility index (Phi) is 4.80. The van der Waals surface area contributed by atoms with Gasteiger partial charge in [0.25, 0.3) is 11.6 Å². The molecule has 2 rings (SSSR count). The molecular weight excluding hydrogens is 282 g/mol. The van der Waals surface area contributed by atoms with E-state index in [1.165, 1.54) is 12.1 Å². The molecule has 6 heteroatoms. The molecule has 1 heterocycles. The van der Waals surface area contributed by atoms with Crippen molar-refractivity contribution in [3.05, 3.63) is 45.5 Å². The Morgan fingerprint density at radius 3 is 2.45 bits per heavy atom. The second-order valence-electron chi connectivity index (χ2n) is 5.51. The minimum atomic E-state index is -0.425. The Balaban J connectivity index is 2.17. The molecule has 0 saturated heterocycles. The lowest BCUT2D eigenvalue weighted by molar-refractivity contribution is -0.384. The van der Waals surface area contributed by atoms with E-state index < -0.39 is 4.92 Å². The zero-order valence-corrected chi connectivity index (χ0v) is 13.1. The Hall–Kier alpha value is -2.37. The Morgan fingerprint density at radius 1 is 1.27 bits per heavy atom. The fraction of sp³-hybridized carbons (Fsp3) is 0.438.